The zero-order chi connectivity index (χ0) is 28.6. The Balaban J connectivity index is 0.000000436. The molecule has 0 amide bonds. The molecule has 4 aromatic rings. The molecule has 223 valence electrons. The minimum Gasteiger partial charge on any atom is -0.512 e. The summed E-state index contributed by atoms with van der Waals surface area (Å²) in [6.45, 7) is 14.8. The van der Waals surface area contributed by atoms with Crippen LogP contribution in [-0.2, 0) is 30.3 Å². The Morgan fingerprint density at radius 1 is 0.878 bits per heavy atom. The summed E-state index contributed by atoms with van der Waals surface area (Å²) in [6, 6.07) is 24.7. The fourth-order valence-electron chi connectivity index (χ4n) is 4.98. The van der Waals surface area contributed by atoms with E-state index in [1.165, 1.54) is 33.2 Å². The van der Waals surface area contributed by atoms with E-state index in [0.29, 0.717) is 0 Å². The molecule has 41 heavy (non-hydrogen) atoms. The monoisotopic (exact) mass is 731 g/mol. The van der Waals surface area contributed by atoms with Crippen LogP contribution in [-0.4, -0.2) is 15.9 Å². The third kappa shape index (κ3) is 9.09. The predicted octanol–water partition coefficient (Wildman–Crippen LogP) is 10.7. The van der Waals surface area contributed by atoms with Gasteiger partial charge in [-0.15, -0.1) is 29.1 Å². The minimum atomic E-state index is 0. The van der Waals surface area contributed by atoms with Crippen LogP contribution in [0.2, 0.25) is 0 Å². The van der Waals surface area contributed by atoms with E-state index in [4.69, 9.17) is 0 Å². The predicted molar refractivity (Wildman–Crippen MR) is 173 cm³/mol. The molecule has 0 fully saturated rings. The van der Waals surface area contributed by atoms with Crippen LogP contribution in [0.15, 0.2) is 78.7 Å². The van der Waals surface area contributed by atoms with Gasteiger partial charge in [0.15, 0.2) is 5.78 Å². The van der Waals surface area contributed by atoms with Crippen molar-refractivity contribution < 1.29 is 30.0 Å². The van der Waals surface area contributed by atoms with Gasteiger partial charge in [0.25, 0.3) is 0 Å². The second-order valence-electron chi connectivity index (χ2n) is 11.3. The van der Waals surface area contributed by atoms with Gasteiger partial charge in [-0.05, 0) is 59.2 Å². The van der Waals surface area contributed by atoms with Crippen LogP contribution in [0.1, 0.15) is 87.1 Å². The van der Waals surface area contributed by atoms with E-state index in [1.807, 2.05) is 40.0 Å². The molecule has 0 aliphatic carbocycles. The second kappa shape index (κ2) is 16.6. The van der Waals surface area contributed by atoms with Crippen LogP contribution in [0.3, 0.4) is 0 Å². The first-order valence-electron chi connectivity index (χ1n) is 14.4. The maximum absolute atomic E-state index is 11.7. The number of aliphatic hydroxyl groups is 1. The molecule has 1 aromatic heterocycles. The van der Waals surface area contributed by atoms with Crippen LogP contribution >= 0.6 is 0 Å². The largest absolute Gasteiger partial charge is 0.512 e. The number of fused-ring (bicyclic) bond motifs is 2. The molecular formula is C37H48IrNO2-. The number of carbonyl (C=O) groups excluding carboxylic acids is 1. The molecule has 0 bridgehead atoms. The first-order chi connectivity index (χ1) is 18.6. The van der Waals surface area contributed by atoms with Gasteiger partial charge in [-0.1, -0.05) is 104 Å². The summed E-state index contributed by atoms with van der Waals surface area (Å²) in [4.78, 5) is 16.4. The maximum Gasteiger partial charge on any atom is 0.162 e. The van der Waals surface area contributed by atoms with Crippen LogP contribution in [0.25, 0.3) is 32.8 Å². The molecular weight excluding hydrogens is 683 g/mol. The van der Waals surface area contributed by atoms with E-state index in [0.717, 1.165) is 36.9 Å². The van der Waals surface area contributed by atoms with Gasteiger partial charge in [-0.3, -0.25) is 4.79 Å². The Labute approximate surface area is 261 Å². The summed E-state index contributed by atoms with van der Waals surface area (Å²) in [7, 11) is 0. The van der Waals surface area contributed by atoms with Crippen LogP contribution in [0.4, 0.5) is 0 Å². The van der Waals surface area contributed by atoms with Gasteiger partial charge >= 0.3 is 0 Å². The molecule has 3 nitrogen and oxygen atoms in total. The first kappa shape index (κ1) is 36.2. The fraction of sp³-hybridized carbons (Fsp3) is 0.405. The number of hydrogen-bond donors (Lipinski definition) is 1. The van der Waals surface area contributed by atoms with Crippen molar-refractivity contribution >= 4 is 27.3 Å². The normalized spacial score (nSPS) is 11.6. The fourth-order valence-corrected chi connectivity index (χ4v) is 4.98. The number of benzene rings is 3. The topological polar surface area (TPSA) is 50.2 Å². The van der Waals surface area contributed by atoms with Crippen LogP contribution in [0, 0.1) is 17.9 Å². The summed E-state index contributed by atoms with van der Waals surface area (Å²) >= 11 is 0. The number of aliphatic hydroxyl groups excluding tert-OH is 1. The molecule has 1 heterocycles. The van der Waals surface area contributed by atoms with Crippen molar-refractivity contribution in [2.75, 3.05) is 0 Å². The van der Waals surface area contributed by atoms with Crippen LogP contribution < -0.4 is 0 Å². The number of rotatable bonds is 8. The van der Waals surface area contributed by atoms with Crippen molar-refractivity contribution in [2.24, 2.45) is 11.8 Å². The van der Waals surface area contributed by atoms with E-state index < -0.39 is 0 Å². The molecule has 0 aliphatic heterocycles. The van der Waals surface area contributed by atoms with E-state index >= 15 is 0 Å². The average Bonchev–Trinajstić information content (AvgIpc) is 2.93. The molecule has 0 spiro atoms. The van der Waals surface area contributed by atoms with Crippen molar-refractivity contribution in [3.05, 3.63) is 90.3 Å². The van der Waals surface area contributed by atoms with Crippen molar-refractivity contribution in [2.45, 2.75) is 87.0 Å². The van der Waals surface area contributed by atoms with E-state index in [-0.39, 0.29) is 56.3 Å². The van der Waals surface area contributed by atoms with E-state index in [9.17, 15) is 9.90 Å². The Hall–Kier alpha value is -2.81. The third-order valence-electron chi connectivity index (χ3n) is 7.67. The van der Waals surface area contributed by atoms with Crippen LogP contribution in [0.5, 0.6) is 0 Å². The summed E-state index contributed by atoms with van der Waals surface area (Å²) in [5.41, 5.74) is 3.56. The average molecular weight is 731 g/mol. The number of allylic oxidation sites excluding steroid dienone is 2. The smallest absolute Gasteiger partial charge is 0.162 e. The molecule has 1 N–H and O–H groups in total. The number of nitrogens with zero attached hydrogens (tertiary/aromatic N) is 1. The number of pyridine rings is 1. The Bertz CT molecular complexity index is 1420. The quantitative estimate of drug-likeness (QED) is 0.112. The van der Waals surface area contributed by atoms with E-state index in [1.54, 1.807) is 0 Å². The SMILES string of the molecule is C.CC(C)(C)c1ccc2c(-c3[c-]ccc4ccccc34)nccc2c1.CCC(CC)C(=O)C=C(O)C(CC)CC.[Ir]. The summed E-state index contributed by atoms with van der Waals surface area (Å²) < 4.78 is 0. The molecule has 0 saturated heterocycles. The molecule has 1 radical (unpaired) electrons. The van der Waals surface area contributed by atoms with Crippen molar-refractivity contribution in [3.8, 4) is 11.3 Å². The Kier molecular flexibility index (Phi) is 14.7. The molecule has 3 aromatic carbocycles. The first-order valence-corrected chi connectivity index (χ1v) is 14.4. The van der Waals surface area contributed by atoms with Gasteiger partial charge < -0.3 is 10.1 Å². The van der Waals surface area contributed by atoms with Crippen molar-refractivity contribution in [3.63, 3.8) is 0 Å². The molecule has 0 atom stereocenters. The van der Waals surface area contributed by atoms with Crippen molar-refractivity contribution in [1.29, 1.82) is 0 Å². The van der Waals surface area contributed by atoms with E-state index in [2.05, 4.69) is 86.4 Å². The number of hydrogen-bond acceptors (Lipinski definition) is 3. The number of aromatic nitrogens is 1. The van der Waals surface area contributed by atoms with Gasteiger partial charge in [0, 0.05) is 44.2 Å². The van der Waals surface area contributed by atoms with Gasteiger partial charge in [0.2, 0.25) is 0 Å². The van der Waals surface area contributed by atoms with Gasteiger partial charge in [0.1, 0.15) is 0 Å². The van der Waals surface area contributed by atoms with Gasteiger partial charge in [0.05, 0.1) is 5.76 Å². The summed E-state index contributed by atoms with van der Waals surface area (Å²) in [5, 5.41) is 14.6. The molecule has 0 saturated carbocycles. The Morgan fingerprint density at radius 3 is 2.12 bits per heavy atom. The second-order valence-corrected chi connectivity index (χ2v) is 11.3. The maximum atomic E-state index is 11.7. The zero-order valence-electron chi connectivity index (χ0n) is 25.0. The Morgan fingerprint density at radius 2 is 1.51 bits per heavy atom. The molecule has 4 heteroatoms. The number of ketones is 1. The summed E-state index contributed by atoms with van der Waals surface area (Å²) in [6.07, 6.45) is 6.81. The van der Waals surface area contributed by atoms with Gasteiger partial charge in [-0.2, -0.15) is 0 Å². The number of carbonyl (C=O) groups is 1. The molecule has 0 aliphatic rings. The minimum absolute atomic E-state index is 0. The zero-order valence-corrected chi connectivity index (χ0v) is 27.4. The van der Waals surface area contributed by atoms with Gasteiger partial charge in [-0.25, -0.2) is 0 Å². The van der Waals surface area contributed by atoms with Crippen molar-refractivity contribution in [1.82, 2.24) is 4.98 Å². The molecule has 4 rings (SSSR count). The standard InChI is InChI=1S/C23H20N.C13H24O2.CH4.Ir/c1-23(2,3)18-11-12-20-17(15-18)13-14-24-22(20)21-10-6-8-16-7-4-5-9-19(16)21;1-5-10(6-2)12(14)9-13(15)11(7-3)8-4;;/h4-9,11-15H,1-3H3;9-11,14H,5-8H2,1-4H3;1H4;/q-1;;;. The third-order valence-corrected chi connectivity index (χ3v) is 7.67. The summed E-state index contributed by atoms with van der Waals surface area (Å²) in [5.74, 6) is 0.547. The molecule has 0 unspecified atom stereocenters.